The molecular formula is C15H17FN2O3. The number of hydrogen-bond donors (Lipinski definition) is 2. The summed E-state index contributed by atoms with van der Waals surface area (Å²) in [7, 11) is 0. The van der Waals surface area contributed by atoms with Gasteiger partial charge in [0.2, 0.25) is 5.91 Å². The van der Waals surface area contributed by atoms with Crippen LogP contribution in [0, 0.1) is 12.7 Å². The van der Waals surface area contributed by atoms with Gasteiger partial charge in [-0.2, -0.15) is 0 Å². The maximum atomic E-state index is 13.2. The number of morpholine rings is 1. The van der Waals surface area contributed by atoms with E-state index in [1.54, 1.807) is 6.07 Å². The van der Waals surface area contributed by atoms with E-state index in [1.165, 1.54) is 12.1 Å². The summed E-state index contributed by atoms with van der Waals surface area (Å²) in [6.45, 7) is 3.79. The van der Waals surface area contributed by atoms with Gasteiger partial charge in [0.25, 0.3) is 0 Å². The van der Waals surface area contributed by atoms with Crippen LogP contribution in [0.5, 0.6) is 0 Å². The fourth-order valence-electron chi connectivity index (χ4n) is 2.44. The van der Waals surface area contributed by atoms with Crippen molar-refractivity contribution >= 4 is 16.9 Å². The van der Waals surface area contributed by atoms with Crippen molar-refractivity contribution in [2.45, 2.75) is 19.5 Å². The van der Waals surface area contributed by atoms with Crippen molar-refractivity contribution in [2.24, 2.45) is 0 Å². The van der Waals surface area contributed by atoms with Crippen LogP contribution in [0.3, 0.4) is 0 Å². The van der Waals surface area contributed by atoms with Gasteiger partial charge in [0, 0.05) is 17.5 Å². The van der Waals surface area contributed by atoms with Gasteiger partial charge in [0.15, 0.2) is 0 Å². The quantitative estimate of drug-likeness (QED) is 0.899. The van der Waals surface area contributed by atoms with Gasteiger partial charge < -0.3 is 19.8 Å². The summed E-state index contributed by atoms with van der Waals surface area (Å²) in [5, 5.41) is 6.64. The predicted molar refractivity (Wildman–Crippen MR) is 75.4 cm³/mol. The van der Waals surface area contributed by atoms with Gasteiger partial charge in [-0.25, -0.2) is 4.39 Å². The second kappa shape index (κ2) is 5.83. The summed E-state index contributed by atoms with van der Waals surface area (Å²) in [5.41, 5.74) is 1.47. The van der Waals surface area contributed by atoms with Gasteiger partial charge in [0.1, 0.15) is 23.2 Å². The van der Waals surface area contributed by atoms with E-state index in [0.717, 1.165) is 10.9 Å². The Morgan fingerprint density at radius 1 is 1.52 bits per heavy atom. The number of rotatable bonds is 3. The van der Waals surface area contributed by atoms with Gasteiger partial charge in [0.05, 0.1) is 19.8 Å². The molecule has 3 rings (SSSR count). The normalized spacial score (nSPS) is 18.9. The van der Waals surface area contributed by atoms with E-state index in [9.17, 15) is 9.18 Å². The maximum absolute atomic E-state index is 13.2. The molecule has 0 radical (unpaired) electrons. The van der Waals surface area contributed by atoms with Crippen molar-refractivity contribution in [3.8, 4) is 0 Å². The van der Waals surface area contributed by atoms with E-state index in [1.807, 2.05) is 6.92 Å². The van der Waals surface area contributed by atoms with Crippen molar-refractivity contribution < 1.29 is 18.3 Å². The molecule has 0 saturated carbocycles. The molecule has 0 bridgehead atoms. The molecule has 1 fully saturated rings. The zero-order valence-electron chi connectivity index (χ0n) is 11.7. The second-order valence-electron chi connectivity index (χ2n) is 5.09. The Morgan fingerprint density at radius 3 is 3.14 bits per heavy atom. The maximum Gasteiger partial charge on any atom is 0.239 e. The van der Waals surface area contributed by atoms with Crippen LogP contribution in [-0.4, -0.2) is 31.7 Å². The molecule has 1 aliphatic rings. The molecule has 112 valence electrons. The van der Waals surface area contributed by atoms with Crippen LogP contribution in [0.4, 0.5) is 4.39 Å². The number of fused-ring (bicyclic) bond motifs is 1. The second-order valence-corrected chi connectivity index (χ2v) is 5.09. The first kappa shape index (κ1) is 14.0. The first-order valence-corrected chi connectivity index (χ1v) is 6.91. The lowest BCUT2D eigenvalue weighted by atomic mass is 10.1. The van der Waals surface area contributed by atoms with Gasteiger partial charge in [-0.1, -0.05) is 0 Å². The average Bonchev–Trinajstić information content (AvgIpc) is 2.82. The third-order valence-electron chi connectivity index (χ3n) is 3.66. The van der Waals surface area contributed by atoms with Gasteiger partial charge in [-0.3, -0.25) is 4.79 Å². The molecule has 2 aromatic rings. The molecule has 21 heavy (non-hydrogen) atoms. The monoisotopic (exact) mass is 292 g/mol. The minimum Gasteiger partial charge on any atom is -0.459 e. The van der Waals surface area contributed by atoms with Crippen LogP contribution < -0.4 is 10.6 Å². The van der Waals surface area contributed by atoms with Crippen LogP contribution in [0.1, 0.15) is 11.3 Å². The number of carbonyl (C=O) groups excluding carboxylic acids is 1. The summed E-state index contributed by atoms with van der Waals surface area (Å²) in [6, 6.07) is 4.06. The average molecular weight is 292 g/mol. The SMILES string of the molecule is Cc1c(CNC(=O)C2COCCN2)oc2ccc(F)cc12. The molecule has 6 heteroatoms. The van der Waals surface area contributed by atoms with Gasteiger partial charge >= 0.3 is 0 Å². The highest BCUT2D eigenvalue weighted by molar-refractivity contribution is 5.83. The topological polar surface area (TPSA) is 63.5 Å². The van der Waals surface area contributed by atoms with E-state index < -0.39 is 0 Å². The third-order valence-corrected chi connectivity index (χ3v) is 3.66. The molecule has 1 unspecified atom stereocenters. The van der Waals surface area contributed by atoms with Crippen molar-refractivity contribution in [1.82, 2.24) is 10.6 Å². The third kappa shape index (κ3) is 2.91. The first-order valence-electron chi connectivity index (χ1n) is 6.91. The van der Waals surface area contributed by atoms with Crippen molar-refractivity contribution in [3.63, 3.8) is 0 Å². The highest BCUT2D eigenvalue weighted by atomic mass is 19.1. The van der Waals surface area contributed by atoms with E-state index in [4.69, 9.17) is 9.15 Å². The Kier molecular flexibility index (Phi) is 3.90. The lowest BCUT2D eigenvalue weighted by Crippen LogP contribution is -2.51. The number of nitrogens with one attached hydrogen (secondary N) is 2. The lowest BCUT2D eigenvalue weighted by molar-refractivity contribution is -0.126. The molecule has 1 aliphatic heterocycles. The number of aryl methyl sites for hydroxylation is 1. The fraction of sp³-hybridized carbons (Fsp3) is 0.400. The Balaban J connectivity index is 1.70. The molecule has 2 N–H and O–H groups in total. The lowest BCUT2D eigenvalue weighted by Gasteiger charge is -2.22. The fourth-order valence-corrected chi connectivity index (χ4v) is 2.44. The summed E-state index contributed by atoms with van der Waals surface area (Å²) in [4.78, 5) is 12.0. The molecule has 2 heterocycles. The van der Waals surface area contributed by atoms with Crippen molar-refractivity contribution in [2.75, 3.05) is 19.8 Å². The number of ether oxygens (including phenoxy) is 1. The summed E-state index contributed by atoms with van der Waals surface area (Å²) in [5.74, 6) is 0.215. The summed E-state index contributed by atoms with van der Waals surface area (Å²) < 4.78 is 24.2. The highest BCUT2D eigenvalue weighted by Crippen LogP contribution is 2.25. The minimum atomic E-state index is -0.333. The molecule has 1 amide bonds. The van der Waals surface area contributed by atoms with Crippen LogP contribution >= 0.6 is 0 Å². The molecule has 5 nitrogen and oxygen atoms in total. The largest absolute Gasteiger partial charge is 0.459 e. The van der Waals surface area contributed by atoms with Crippen molar-refractivity contribution in [3.05, 3.63) is 35.3 Å². The zero-order valence-corrected chi connectivity index (χ0v) is 11.7. The smallest absolute Gasteiger partial charge is 0.239 e. The number of amides is 1. The van der Waals surface area contributed by atoms with Gasteiger partial charge in [-0.15, -0.1) is 0 Å². The molecule has 1 aromatic heterocycles. The predicted octanol–water partition coefficient (Wildman–Crippen LogP) is 1.48. The molecule has 1 saturated heterocycles. The van der Waals surface area contributed by atoms with E-state index in [0.29, 0.717) is 31.1 Å². The molecule has 1 atom stereocenters. The van der Waals surface area contributed by atoms with Crippen LogP contribution in [0.2, 0.25) is 0 Å². The number of furan rings is 1. The summed E-state index contributed by atoms with van der Waals surface area (Å²) >= 11 is 0. The standard InChI is InChI=1S/C15H17FN2O3/c1-9-11-6-10(16)2-3-13(11)21-14(9)7-18-15(19)12-8-20-5-4-17-12/h2-3,6,12,17H,4-5,7-8H2,1H3,(H,18,19). The van der Waals surface area contributed by atoms with Crippen LogP contribution in [-0.2, 0) is 16.1 Å². The van der Waals surface area contributed by atoms with Crippen LogP contribution in [0.25, 0.3) is 11.0 Å². The number of halogens is 1. The molecule has 0 spiro atoms. The van der Waals surface area contributed by atoms with E-state index in [-0.39, 0.29) is 24.3 Å². The highest BCUT2D eigenvalue weighted by Gasteiger charge is 2.21. The Hall–Kier alpha value is -1.92. The Labute approximate surface area is 121 Å². The zero-order chi connectivity index (χ0) is 14.8. The molecule has 1 aromatic carbocycles. The van der Waals surface area contributed by atoms with Gasteiger partial charge in [-0.05, 0) is 25.1 Å². The van der Waals surface area contributed by atoms with E-state index >= 15 is 0 Å². The minimum absolute atomic E-state index is 0.124. The van der Waals surface area contributed by atoms with Crippen LogP contribution in [0.15, 0.2) is 22.6 Å². The summed E-state index contributed by atoms with van der Waals surface area (Å²) in [6.07, 6.45) is 0. The Bertz CT molecular complexity index is 662. The number of carbonyl (C=O) groups is 1. The van der Waals surface area contributed by atoms with E-state index in [2.05, 4.69) is 10.6 Å². The Morgan fingerprint density at radius 2 is 2.38 bits per heavy atom. The molecular weight excluding hydrogens is 275 g/mol. The molecule has 0 aliphatic carbocycles. The number of benzene rings is 1. The number of hydrogen-bond acceptors (Lipinski definition) is 4. The van der Waals surface area contributed by atoms with Crippen molar-refractivity contribution in [1.29, 1.82) is 0 Å². The first-order chi connectivity index (χ1) is 10.1.